The quantitative estimate of drug-likeness (QED) is 0.206. The highest BCUT2D eigenvalue weighted by molar-refractivity contribution is 5.76. The van der Waals surface area contributed by atoms with Gasteiger partial charge in [-0.1, -0.05) is 73.5 Å². The normalized spacial score (nSPS) is 21.0. The van der Waals surface area contributed by atoms with Crippen LogP contribution in [0.15, 0.2) is 60.7 Å². The number of carbonyl (C=O) groups is 3. The molecule has 2 aromatic rings. The third-order valence-corrected chi connectivity index (χ3v) is 7.80. The molecule has 0 bridgehead atoms. The van der Waals surface area contributed by atoms with Gasteiger partial charge in [-0.3, -0.25) is 9.59 Å². The summed E-state index contributed by atoms with van der Waals surface area (Å²) in [5.41, 5.74) is 1.90. The van der Waals surface area contributed by atoms with Crippen molar-refractivity contribution in [1.29, 1.82) is 0 Å². The summed E-state index contributed by atoms with van der Waals surface area (Å²) in [6, 6.07) is 17.7. The molecule has 41 heavy (non-hydrogen) atoms. The molecular formula is C32H44N2O7. The number of carboxylic acid groups (broad SMARTS) is 1. The first kappa shape index (κ1) is 32.1. The predicted molar refractivity (Wildman–Crippen MR) is 155 cm³/mol. The Morgan fingerprint density at radius 3 is 1.56 bits per heavy atom. The maximum atomic E-state index is 14.3. The van der Waals surface area contributed by atoms with Gasteiger partial charge < -0.3 is 29.9 Å². The summed E-state index contributed by atoms with van der Waals surface area (Å²) >= 11 is 0. The Kier molecular flexibility index (Phi) is 13.1. The van der Waals surface area contributed by atoms with Crippen molar-refractivity contribution in [2.45, 2.75) is 88.5 Å². The van der Waals surface area contributed by atoms with E-state index in [2.05, 4.69) is 0 Å². The van der Waals surface area contributed by atoms with E-state index in [0.717, 1.165) is 11.1 Å². The van der Waals surface area contributed by atoms with Gasteiger partial charge in [-0.2, -0.15) is 0 Å². The highest BCUT2D eigenvalue weighted by Gasteiger charge is 2.45. The summed E-state index contributed by atoms with van der Waals surface area (Å²) in [5, 5.41) is 32.2. The van der Waals surface area contributed by atoms with Crippen LogP contribution in [0, 0.1) is 0 Å². The number of hydrogen-bond acceptors (Lipinski definition) is 6. The number of nitrogens with zero attached hydrogens (tertiary/aromatic N) is 2. The number of aliphatic hydroxyl groups excluding tert-OH is 2. The van der Waals surface area contributed by atoms with E-state index >= 15 is 0 Å². The number of carbonyl (C=O) groups excluding carboxylic acids is 2. The molecule has 1 saturated heterocycles. The fraction of sp³-hybridized carbons (Fsp3) is 0.531. The molecule has 4 atom stereocenters. The van der Waals surface area contributed by atoms with Gasteiger partial charge in [0.1, 0.15) is 12.2 Å². The molecule has 1 fully saturated rings. The second-order valence-electron chi connectivity index (χ2n) is 10.8. The zero-order chi connectivity index (χ0) is 29.6. The molecule has 0 aromatic heterocycles. The van der Waals surface area contributed by atoms with Crippen molar-refractivity contribution in [3.63, 3.8) is 0 Å². The molecule has 2 aromatic carbocycles. The third-order valence-electron chi connectivity index (χ3n) is 7.80. The number of methoxy groups -OCH3 is 1. The van der Waals surface area contributed by atoms with E-state index in [1.54, 1.807) is 9.80 Å². The van der Waals surface area contributed by atoms with Crippen LogP contribution in [0.2, 0.25) is 0 Å². The molecule has 0 saturated carbocycles. The number of aliphatic carboxylic acids is 1. The first-order chi connectivity index (χ1) is 19.8. The number of carboxylic acids is 1. The van der Waals surface area contributed by atoms with Crippen LogP contribution in [0.4, 0.5) is 4.79 Å². The number of amides is 2. The van der Waals surface area contributed by atoms with Crippen molar-refractivity contribution >= 4 is 18.0 Å². The van der Waals surface area contributed by atoms with Crippen LogP contribution in [-0.2, 0) is 27.2 Å². The van der Waals surface area contributed by atoms with E-state index in [9.17, 15) is 24.6 Å². The van der Waals surface area contributed by atoms with Gasteiger partial charge in [-0.05, 0) is 49.7 Å². The Morgan fingerprint density at radius 2 is 1.15 bits per heavy atom. The summed E-state index contributed by atoms with van der Waals surface area (Å²) in [4.78, 5) is 40.2. The average Bonchev–Trinajstić information content (AvgIpc) is 3.04. The largest absolute Gasteiger partial charge is 0.481 e. The molecule has 4 unspecified atom stereocenters. The van der Waals surface area contributed by atoms with Crippen molar-refractivity contribution in [3.05, 3.63) is 71.8 Å². The smallest absolute Gasteiger partial charge is 0.320 e. The van der Waals surface area contributed by atoms with E-state index in [1.165, 1.54) is 7.11 Å². The molecular weight excluding hydrogens is 524 g/mol. The van der Waals surface area contributed by atoms with Gasteiger partial charge in [-0.15, -0.1) is 0 Å². The lowest BCUT2D eigenvalue weighted by Gasteiger charge is -2.35. The van der Waals surface area contributed by atoms with Gasteiger partial charge in [0.05, 0.1) is 19.2 Å². The number of benzene rings is 2. The van der Waals surface area contributed by atoms with Gasteiger partial charge in [0.25, 0.3) is 0 Å². The number of rotatable bonds is 16. The van der Waals surface area contributed by atoms with Crippen LogP contribution >= 0.6 is 0 Å². The first-order valence-electron chi connectivity index (χ1n) is 14.6. The lowest BCUT2D eigenvalue weighted by molar-refractivity contribution is -0.141. The van der Waals surface area contributed by atoms with Gasteiger partial charge in [0.2, 0.25) is 0 Å². The van der Waals surface area contributed by atoms with Crippen LogP contribution in [0.3, 0.4) is 0 Å². The number of urea groups is 1. The molecule has 9 nitrogen and oxygen atoms in total. The van der Waals surface area contributed by atoms with Gasteiger partial charge in [0, 0.05) is 25.9 Å². The van der Waals surface area contributed by atoms with Crippen LogP contribution in [0.25, 0.3) is 0 Å². The average molecular weight is 569 g/mol. The van der Waals surface area contributed by atoms with Crippen LogP contribution < -0.4 is 0 Å². The van der Waals surface area contributed by atoms with Crippen molar-refractivity contribution in [2.75, 3.05) is 20.2 Å². The summed E-state index contributed by atoms with van der Waals surface area (Å²) in [6.07, 6.45) is 2.47. The minimum atomic E-state index is -1.18. The highest BCUT2D eigenvalue weighted by Crippen LogP contribution is 2.28. The Balaban J connectivity index is 1.88. The maximum Gasteiger partial charge on any atom is 0.320 e. The van der Waals surface area contributed by atoms with Crippen molar-refractivity contribution in [2.24, 2.45) is 0 Å². The molecule has 9 heteroatoms. The monoisotopic (exact) mass is 568 g/mol. The summed E-state index contributed by atoms with van der Waals surface area (Å²) in [5.74, 6) is -1.12. The molecule has 0 radical (unpaired) electrons. The summed E-state index contributed by atoms with van der Waals surface area (Å²) in [7, 11) is 1.36. The van der Waals surface area contributed by atoms with E-state index in [0.29, 0.717) is 70.9 Å². The number of hydrogen-bond donors (Lipinski definition) is 3. The molecule has 2 amide bonds. The molecule has 3 N–H and O–H groups in total. The van der Waals surface area contributed by atoms with E-state index in [-0.39, 0.29) is 18.4 Å². The highest BCUT2D eigenvalue weighted by atomic mass is 16.5. The molecule has 1 aliphatic rings. The van der Waals surface area contributed by atoms with Gasteiger partial charge >= 0.3 is 18.0 Å². The van der Waals surface area contributed by atoms with E-state index in [1.807, 2.05) is 60.7 Å². The lowest BCUT2D eigenvalue weighted by atomic mass is 9.91. The Bertz CT molecular complexity index is 1080. The van der Waals surface area contributed by atoms with Gasteiger partial charge in [0.15, 0.2) is 0 Å². The SMILES string of the molecule is COC(=O)CCCCCN1C(=O)N(CCCCCC(=O)O)C(Cc2ccccc2)C(O)C(O)C1Cc1ccccc1. The van der Waals surface area contributed by atoms with Crippen LogP contribution in [-0.4, -0.2) is 87.6 Å². The van der Waals surface area contributed by atoms with Crippen molar-refractivity contribution in [3.8, 4) is 0 Å². The minimum Gasteiger partial charge on any atom is -0.481 e. The fourth-order valence-electron chi connectivity index (χ4n) is 5.53. The molecule has 1 heterocycles. The zero-order valence-corrected chi connectivity index (χ0v) is 23.9. The minimum absolute atomic E-state index is 0.0690. The van der Waals surface area contributed by atoms with E-state index in [4.69, 9.17) is 9.84 Å². The van der Waals surface area contributed by atoms with Crippen molar-refractivity contribution < 1.29 is 34.4 Å². The number of aliphatic hydroxyl groups is 2. The second kappa shape index (κ2) is 16.7. The molecule has 0 spiro atoms. The Hall–Kier alpha value is -3.43. The predicted octanol–water partition coefficient (Wildman–Crippen LogP) is 4.05. The standard InChI is InChI=1S/C32H44N2O7/c1-41-29(37)19-11-5-13-21-34-27(23-25-16-8-3-9-17-25)31(39)30(38)26(22-24-14-6-2-7-15-24)33(32(34)40)20-12-4-10-18-28(35)36/h2-3,6-9,14-17,26-27,30-31,38-39H,4-5,10-13,18-23H2,1H3,(H,35,36). The number of ether oxygens (including phenoxy) is 1. The number of unbranched alkanes of at least 4 members (excludes halogenated alkanes) is 4. The van der Waals surface area contributed by atoms with Gasteiger partial charge in [-0.25, -0.2) is 4.79 Å². The Labute approximate surface area is 242 Å². The van der Waals surface area contributed by atoms with Crippen LogP contribution in [0.5, 0.6) is 0 Å². The topological polar surface area (TPSA) is 128 Å². The molecule has 1 aliphatic heterocycles. The zero-order valence-electron chi connectivity index (χ0n) is 23.9. The van der Waals surface area contributed by atoms with Crippen molar-refractivity contribution in [1.82, 2.24) is 9.80 Å². The summed E-state index contributed by atoms with van der Waals surface area (Å²) in [6.45, 7) is 0.714. The maximum absolute atomic E-state index is 14.3. The molecule has 0 aliphatic carbocycles. The number of esters is 1. The lowest BCUT2D eigenvalue weighted by Crippen LogP contribution is -2.51. The van der Waals surface area contributed by atoms with E-state index < -0.39 is 30.3 Å². The molecule has 224 valence electrons. The third kappa shape index (κ3) is 9.86. The summed E-state index contributed by atoms with van der Waals surface area (Å²) < 4.78 is 4.73. The molecule has 3 rings (SSSR count). The fourth-order valence-corrected chi connectivity index (χ4v) is 5.53. The Morgan fingerprint density at radius 1 is 0.707 bits per heavy atom. The second-order valence-corrected chi connectivity index (χ2v) is 10.8. The van der Waals surface area contributed by atoms with Crippen LogP contribution in [0.1, 0.15) is 62.5 Å². The first-order valence-corrected chi connectivity index (χ1v) is 14.6.